The van der Waals surface area contributed by atoms with Gasteiger partial charge in [0, 0.05) is 12.1 Å². The molecule has 2 aromatic heterocycles. The van der Waals surface area contributed by atoms with Crippen molar-refractivity contribution >= 4 is 0 Å². The van der Waals surface area contributed by atoms with Gasteiger partial charge in [-0.1, -0.05) is 0 Å². The van der Waals surface area contributed by atoms with Crippen molar-refractivity contribution < 1.29 is 4.42 Å². The summed E-state index contributed by atoms with van der Waals surface area (Å²) in [7, 11) is 0. The largest absolute Gasteiger partial charge is 0.439 e. The summed E-state index contributed by atoms with van der Waals surface area (Å²) >= 11 is 0. The molecule has 0 amide bonds. The minimum absolute atomic E-state index is 0.652. The van der Waals surface area contributed by atoms with Crippen molar-refractivity contribution in [3.63, 3.8) is 0 Å². The van der Waals surface area contributed by atoms with Crippen molar-refractivity contribution in [1.29, 1.82) is 0 Å². The molecule has 2 heterocycles. The second kappa shape index (κ2) is 4.27. The third-order valence-electron chi connectivity index (χ3n) is 2.11. The number of hydrogen-bond donors (Lipinski definition) is 2. The Kier molecular flexibility index (Phi) is 2.82. The molecule has 80 valence electrons. The van der Waals surface area contributed by atoms with Gasteiger partial charge in [-0.2, -0.15) is 5.10 Å². The van der Waals surface area contributed by atoms with E-state index < -0.39 is 0 Å². The maximum atomic E-state index is 5.54. The molecular formula is C10H14N4O. The minimum Gasteiger partial charge on any atom is -0.439 e. The normalized spacial score (nSPS) is 10.8. The fraction of sp³-hybridized carbons (Fsp3) is 0.400. The molecule has 0 aliphatic heterocycles. The first kappa shape index (κ1) is 9.92. The zero-order valence-corrected chi connectivity index (χ0v) is 8.66. The molecule has 0 aromatic carbocycles. The molecule has 3 N–H and O–H groups in total. The Labute approximate surface area is 87.7 Å². The highest BCUT2D eigenvalue weighted by Gasteiger charge is 2.08. The third-order valence-corrected chi connectivity index (χ3v) is 2.11. The first-order chi connectivity index (χ1) is 7.29. The highest BCUT2D eigenvalue weighted by molar-refractivity contribution is 5.50. The van der Waals surface area contributed by atoms with Crippen LogP contribution in [0.5, 0.6) is 0 Å². The summed E-state index contributed by atoms with van der Waals surface area (Å²) in [6, 6.07) is 1.92. The number of rotatable bonds is 4. The van der Waals surface area contributed by atoms with E-state index in [-0.39, 0.29) is 0 Å². The molecule has 2 aromatic rings. The lowest BCUT2D eigenvalue weighted by Gasteiger charge is -1.91. The molecule has 0 radical (unpaired) electrons. The first-order valence-electron chi connectivity index (χ1n) is 4.97. The lowest BCUT2D eigenvalue weighted by atomic mass is 10.3. The number of nitrogens with two attached hydrogens (primary N) is 1. The average molecular weight is 206 g/mol. The van der Waals surface area contributed by atoms with Crippen molar-refractivity contribution in [2.75, 3.05) is 6.54 Å². The predicted octanol–water partition coefficient (Wildman–Crippen LogP) is 1.26. The third kappa shape index (κ3) is 2.24. The Morgan fingerprint density at radius 1 is 1.53 bits per heavy atom. The molecule has 0 saturated carbocycles. The zero-order valence-electron chi connectivity index (χ0n) is 8.66. The second-order valence-electron chi connectivity index (χ2n) is 3.45. The fourth-order valence-electron chi connectivity index (χ4n) is 1.34. The Morgan fingerprint density at radius 2 is 2.40 bits per heavy atom. The molecule has 0 fully saturated rings. The van der Waals surface area contributed by atoms with Gasteiger partial charge in [0.15, 0.2) is 11.7 Å². The fourth-order valence-corrected chi connectivity index (χ4v) is 1.34. The molecular weight excluding hydrogens is 192 g/mol. The van der Waals surface area contributed by atoms with Crippen LogP contribution in [0.4, 0.5) is 0 Å². The number of aromatic nitrogens is 3. The molecule has 5 nitrogen and oxygen atoms in total. The number of aryl methyl sites for hydroxylation is 2. The lowest BCUT2D eigenvalue weighted by molar-refractivity contribution is 0.498. The number of nitrogens with zero attached hydrogens (tertiary/aromatic N) is 2. The van der Waals surface area contributed by atoms with Crippen LogP contribution in [0.2, 0.25) is 0 Å². The summed E-state index contributed by atoms with van der Waals surface area (Å²) < 4.78 is 5.54. The van der Waals surface area contributed by atoms with Gasteiger partial charge in [-0.25, -0.2) is 4.98 Å². The van der Waals surface area contributed by atoms with Crippen LogP contribution < -0.4 is 5.73 Å². The van der Waals surface area contributed by atoms with Gasteiger partial charge in [-0.15, -0.1) is 0 Å². The molecule has 0 bridgehead atoms. The number of nitrogens with one attached hydrogen (secondary N) is 1. The van der Waals surface area contributed by atoms with Crippen LogP contribution in [0.1, 0.15) is 18.0 Å². The van der Waals surface area contributed by atoms with Crippen LogP contribution >= 0.6 is 0 Å². The summed E-state index contributed by atoms with van der Waals surface area (Å²) in [5.41, 5.74) is 7.21. The van der Waals surface area contributed by atoms with E-state index in [1.54, 1.807) is 6.20 Å². The summed E-state index contributed by atoms with van der Waals surface area (Å²) in [6.45, 7) is 2.60. The van der Waals surface area contributed by atoms with E-state index in [1.807, 2.05) is 13.0 Å². The number of H-pyrrole nitrogens is 1. The summed E-state index contributed by atoms with van der Waals surface area (Å²) in [6.07, 6.45) is 3.36. The maximum Gasteiger partial charge on any atom is 0.195 e. The van der Waals surface area contributed by atoms with E-state index in [1.165, 1.54) is 0 Å². The van der Waals surface area contributed by atoms with Gasteiger partial charge in [0.2, 0.25) is 0 Å². The van der Waals surface area contributed by atoms with Gasteiger partial charge >= 0.3 is 0 Å². The molecule has 0 saturated heterocycles. The summed E-state index contributed by atoms with van der Waals surface area (Å²) in [5, 5.41) is 6.96. The van der Waals surface area contributed by atoms with E-state index in [9.17, 15) is 0 Å². The van der Waals surface area contributed by atoms with Crippen LogP contribution in [0.3, 0.4) is 0 Å². The van der Waals surface area contributed by atoms with E-state index in [2.05, 4.69) is 15.2 Å². The predicted molar refractivity (Wildman–Crippen MR) is 56.2 cm³/mol. The van der Waals surface area contributed by atoms with Crippen LogP contribution in [0.15, 0.2) is 16.7 Å². The van der Waals surface area contributed by atoms with Gasteiger partial charge in [0.05, 0.1) is 6.20 Å². The number of aromatic amines is 1. The van der Waals surface area contributed by atoms with Crippen molar-refractivity contribution in [2.45, 2.75) is 19.8 Å². The van der Waals surface area contributed by atoms with E-state index in [0.717, 1.165) is 30.1 Å². The van der Waals surface area contributed by atoms with Gasteiger partial charge in [0.1, 0.15) is 5.69 Å². The number of hydrogen-bond acceptors (Lipinski definition) is 4. The Balaban J connectivity index is 2.13. The average Bonchev–Trinajstić information content (AvgIpc) is 2.83. The summed E-state index contributed by atoms with van der Waals surface area (Å²) in [4.78, 5) is 4.16. The molecule has 15 heavy (non-hydrogen) atoms. The molecule has 0 aliphatic rings. The van der Waals surface area contributed by atoms with Crippen molar-refractivity contribution in [3.05, 3.63) is 23.8 Å². The van der Waals surface area contributed by atoms with Crippen molar-refractivity contribution in [3.8, 4) is 11.5 Å². The Bertz CT molecular complexity index is 432. The standard InChI is InChI=1S/C10H14N4O/c1-7-5-8(14-13-7)9-6-12-10(15-9)3-2-4-11/h5-6H,2-4,11H2,1H3,(H,13,14). The van der Waals surface area contributed by atoms with Gasteiger partial charge in [-0.05, 0) is 26.0 Å². The second-order valence-corrected chi connectivity index (χ2v) is 3.45. The summed E-state index contributed by atoms with van der Waals surface area (Å²) in [5.74, 6) is 1.42. The molecule has 0 spiro atoms. The van der Waals surface area contributed by atoms with E-state index in [0.29, 0.717) is 12.3 Å². The van der Waals surface area contributed by atoms with Crippen molar-refractivity contribution in [2.24, 2.45) is 5.73 Å². The Morgan fingerprint density at radius 3 is 3.07 bits per heavy atom. The lowest BCUT2D eigenvalue weighted by Crippen LogP contribution is -2.00. The minimum atomic E-state index is 0.652. The van der Waals surface area contributed by atoms with Crippen molar-refractivity contribution in [1.82, 2.24) is 15.2 Å². The van der Waals surface area contributed by atoms with Gasteiger partial charge in [-0.3, -0.25) is 5.10 Å². The molecule has 0 unspecified atom stereocenters. The topological polar surface area (TPSA) is 80.7 Å². The quantitative estimate of drug-likeness (QED) is 0.789. The first-order valence-corrected chi connectivity index (χ1v) is 4.97. The maximum absolute atomic E-state index is 5.54. The SMILES string of the molecule is Cc1cc(-c2cnc(CCCN)o2)n[nH]1. The molecule has 0 aliphatic carbocycles. The van der Waals surface area contributed by atoms with Crippen LogP contribution in [-0.4, -0.2) is 21.7 Å². The molecule has 2 rings (SSSR count). The van der Waals surface area contributed by atoms with Crippen LogP contribution in [-0.2, 0) is 6.42 Å². The highest BCUT2D eigenvalue weighted by Crippen LogP contribution is 2.18. The molecule has 0 atom stereocenters. The van der Waals surface area contributed by atoms with Crippen LogP contribution in [0.25, 0.3) is 11.5 Å². The smallest absolute Gasteiger partial charge is 0.195 e. The highest BCUT2D eigenvalue weighted by atomic mass is 16.4. The van der Waals surface area contributed by atoms with E-state index in [4.69, 9.17) is 10.2 Å². The van der Waals surface area contributed by atoms with Crippen LogP contribution in [0, 0.1) is 6.92 Å². The van der Waals surface area contributed by atoms with E-state index >= 15 is 0 Å². The molecule has 5 heteroatoms. The van der Waals surface area contributed by atoms with Gasteiger partial charge < -0.3 is 10.2 Å². The Hall–Kier alpha value is -1.62. The number of oxazole rings is 1. The van der Waals surface area contributed by atoms with Gasteiger partial charge in [0.25, 0.3) is 0 Å². The zero-order chi connectivity index (χ0) is 10.7. The monoisotopic (exact) mass is 206 g/mol.